The molecule has 0 saturated carbocycles. The number of hydrogen-bond donors (Lipinski definition) is 1. The Bertz CT molecular complexity index is 407. The highest BCUT2D eigenvalue weighted by atomic mass is 16.5. The van der Waals surface area contributed by atoms with Gasteiger partial charge in [-0.1, -0.05) is 19.1 Å². The van der Waals surface area contributed by atoms with Crippen molar-refractivity contribution in [2.24, 2.45) is 0 Å². The average molecular weight is 278 g/mol. The second-order valence-electron chi connectivity index (χ2n) is 4.55. The molecule has 0 aliphatic rings. The summed E-state index contributed by atoms with van der Waals surface area (Å²) in [5.74, 6) is 0.0615. The van der Waals surface area contributed by atoms with Gasteiger partial charge in [-0.15, -0.1) is 0 Å². The molecule has 0 spiro atoms. The van der Waals surface area contributed by atoms with Crippen molar-refractivity contribution in [3.8, 4) is 0 Å². The molecule has 0 aliphatic carbocycles. The first-order chi connectivity index (χ1) is 9.74. The van der Waals surface area contributed by atoms with Crippen molar-refractivity contribution >= 4 is 11.6 Å². The van der Waals surface area contributed by atoms with Gasteiger partial charge in [0.1, 0.15) is 0 Å². The van der Waals surface area contributed by atoms with Gasteiger partial charge in [-0.3, -0.25) is 4.79 Å². The molecule has 0 bridgehead atoms. The number of benzene rings is 1. The minimum absolute atomic E-state index is 0.0615. The highest BCUT2D eigenvalue weighted by molar-refractivity contribution is 5.99. The summed E-state index contributed by atoms with van der Waals surface area (Å²) in [4.78, 5) is 14.4. The van der Waals surface area contributed by atoms with Crippen molar-refractivity contribution in [1.29, 1.82) is 0 Å². The van der Waals surface area contributed by atoms with Crippen LogP contribution >= 0.6 is 0 Å². The van der Waals surface area contributed by atoms with Crippen molar-refractivity contribution in [1.82, 2.24) is 4.90 Å². The monoisotopic (exact) mass is 278 g/mol. The number of nitrogens with one attached hydrogen (secondary N) is 1. The molecule has 1 amide bonds. The summed E-state index contributed by atoms with van der Waals surface area (Å²) in [6, 6.07) is 7.69. The van der Waals surface area contributed by atoms with Crippen LogP contribution in [0.25, 0.3) is 0 Å². The standard InChI is InChI=1S/C16H26N2O2/c1-4-11-17-15-10-8-7-9-14(15)16(19)18(5-2)12-13-20-6-3/h7-10,17H,4-6,11-13H2,1-3H3. The van der Waals surface area contributed by atoms with Crippen molar-refractivity contribution < 1.29 is 9.53 Å². The Morgan fingerprint density at radius 1 is 1.25 bits per heavy atom. The van der Waals surface area contributed by atoms with Crippen LogP contribution in [-0.2, 0) is 4.74 Å². The molecular weight excluding hydrogens is 252 g/mol. The van der Waals surface area contributed by atoms with E-state index in [4.69, 9.17) is 4.74 Å². The number of ether oxygens (including phenoxy) is 1. The van der Waals surface area contributed by atoms with E-state index in [9.17, 15) is 4.79 Å². The lowest BCUT2D eigenvalue weighted by Gasteiger charge is -2.22. The molecule has 4 heteroatoms. The summed E-state index contributed by atoms with van der Waals surface area (Å²) < 4.78 is 5.34. The zero-order chi connectivity index (χ0) is 14.8. The van der Waals surface area contributed by atoms with Crippen LogP contribution in [0.4, 0.5) is 5.69 Å². The first kappa shape index (κ1) is 16.5. The second kappa shape index (κ2) is 9.37. The molecule has 0 aliphatic heterocycles. The van der Waals surface area contributed by atoms with E-state index in [0.717, 1.165) is 24.2 Å². The lowest BCUT2D eigenvalue weighted by atomic mass is 10.1. The first-order valence-corrected chi connectivity index (χ1v) is 7.44. The molecule has 1 N–H and O–H groups in total. The minimum atomic E-state index is 0.0615. The van der Waals surface area contributed by atoms with Crippen LogP contribution in [0.2, 0.25) is 0 Å². The molecule has 4 nitrogen and oxygen atoms in total. The maximum atomic E-state index is 12.6. The Kier molecular flexibility index (Phi) is 7.73. The Morgan fingerprint density at radius 3 is 2.65 bits per heavy atom. The van der Waals surface area contributed by atoms with Gasteiger partial charge in [-0.05, 0) is 32.4 Å². The molecule has 0 saturated heterocycles. The summed E-state index contributed by atoms with van der Waals surface area (Å²) in [5.41, 5.74) is 1.65. The molecule has 0 heterocycles. The van der Waals surface area contributed by atoms with Crippen LogP contribution in [0.5, 0.6) is 0 Å². The van der Waals surface area contributed by atoms with E-state index < -0.39 is 0 Å². The number of nitrogens with zero attached hydrogens (tertiary/aromatic N) is 1. The van der Waals surface area contributed by atoms with E-state index in [1.54, 1.807) is 0 Å². The van der Waals surface area contributed by atoms with E-state index in [-0.39, 0.29) is 5.91 Å². The molecule has 112 valence electrons. The molecule has 1 aromatic carbocycles. The van der Waals surface area contributed by atoms with Crippen LogP contribution in [0.15, 0.2) is 24.3 Å². The number of hydrogen-bond acceptors (Lipinski definition) is 3. The smallest absolute Gasteiger partial charge is 0.256 e. The molecule has 0 unspecified atom stereocenters. The van der Waals surface area contributed by atoms with Gasteiger partial charge < -0.3 is 15.0 Å². The molecular formula is C16H26N2O2. The number of carbonyl (C=O) groups is 1. The van der Waals surface area contributed by atoms with Crippen LogP contribution in [0.3, 0.4) is 0 Å². The third kappa shape index (κ3) is 4.85. The average Bonchev–Trinajstić information content (AvgIpc) is 2.49. The van der Waals surface area contributed by atoms with Crippen molar-refractivity contribution in [3.05, 3.63) is 29.8 Å². The van der Waals surface area contributed by atoms with E-state index in [2.05, 4.69) is 12.2 Å². The van der Waals surface area contributed by atoms with E-state index in [1.807, 2.05) is 43.0 Å². The van der Waals surface area contributed by atoms with Crippen molar-refractivity contribution in [2.45, 2.75) is 27.2 Å². The highest BCUT2D eigenvalue weighted by Crippen LogP contribution is 2.17. The molecule has 1 rings (SSSR count). The molecule has 20 heavy (non-hydrogen) atoms. The first-order valence-electron chi connectivity index (χ1n) is 7.44. The maximum absolute atomic E-state index is 12.6. The minimum Gasteiger partial charge on any atom is -0.384 e. The summed E-state index contributed by atoms with van der Waals surface area (Å²) in [6.45, 7) is 9.52. The molecule has 0 radical (unpaired) electrons. The Hall–Kier alpha value is -1.55. The van der Waals surface area contributed by atoms with Crippen molar-refractivity contribution in [2.75, 3.05) is 38.2 Å². The van der Waals surface area contributed by atoms with Gasteiger partial charge in [0.15, 0.2) is 0 Å². The van der Waals surface area contributed by atoms with Gasteiger partial charge >= 0.3 is 0 Å². The molecule has 1 aromatic rings. The number of carbonyl (C=O) groups excluding carboxylic acids is 1. The van der Waals surface area contributed by atoms with Crippen LogP contribution in [0.1, 0.15) is 37.6 Å². The normalized spacial score (nSPS) is 10.3. The number of para-hydroxylation sites is 1. The predicted octanol–water partition coefficient (Wildman–Crippen LogP) is 3.01. The van der Waals surface area contributed by atoms with E-state index >= 15 is 0 Å². The van der Waals surface area contributed by atoms with Gasteiger partial charge in [-0.2, -0.15) is 0 Å². The zero-order valence-electron chi connectivity index (χ0n) is 12.8. The van der Waals surface area contributed by atoms with Gasteiger partial charge in [0.25, 0.3) is 5.91 Å². The molecule has 0 fully saturated rings. The maximum Gasteiger partial charge on any atom is 0.256 e. The summed E-state index contributed by atoms with van der Waals surface area (Å²) in [6.07, 6.45) is 1.03. The lowest BCUT2D eigenvalue weighted by Crippen LogP contribution is -2.34. The van der Waals surface area contributed by atoms with Crippen LogP contribution in [0, 0.1) is 0 Å². The van der Waals surface area contributed by atoms with Crippen LogP contribution in [-0.4, -0.2) is 43.7 Å². The van der Waals surface area contributed by atoms with Gasteiger partial charge in [0.05, 0.1) is 12.2 Å². The highest BCUT2D eigenvalue weighted by Gasteiger charge is 2.16. The summed E-state index contributed by atoms with van der Waals surface area (Å²) >= 11 is 0. The summed E-state index contributed by atoms with van der Waals surface area (Å²) in [7, 11) is 0. The predicted molar refractivity (Wildman–Crippen MR) is 83.3 cm³/mol. The fourth-order valence-electron chi connectivity index (χ4n) is 1.98. The second-order valence-corrected chi connectivity index (χ2v) is 4.55. The topological polar surface area (TPSA) is 41.6 Å². The van der Waals surface area contributed by atoms with Crippen molar-refractivity contribution in [3.63, 3.8) is 0 Å². The Labute approximate surface area is 122 Å². The van der Waals surface area contributed by atoms with Gasteiger partial charge in [0.2, 0.25) is 0 Å². The largest absolute Gasteiger partial charge is 0.384 e. The lowest BCUT2D eigenvalue weighted by molar-refractivity contribution is 0.0670. The number of rotatable bonds is 9. The molecule has 0 aromatic heterocycles. The van der Waals surface area contributed by atoms with Gasteiger partial charge in [-0.25, -0.2) is 0 Å². The fraction of sp³-hybridized carbons (Fsp3) is 0.562. The fourth-order valence-corrected chi connectivity index (χ4v) is 1.98. The number of amides is 1. The van der Waals surface area contributed by atoms with E-state index in [1.165, 1.54) is 0 Å². The number of likely N-dealkylation sites (N-methyl/N-ethyl adjacent to an activating group) is 1. The van der Waals surface area contributed by atoms with Crippen LogP contribution < -0.4 is 5.32 Å². The van der Waals surface area contributed by atoms with E-state index in [0.29, 0.717) is 26.3 Å². The SMILES string of the molecule is CCCNc1ccccc1C(=O)N(CC)CCOCC. The third-order valence-corrected chi connectivity index (χ3v) is 3.10. The Morgan fingerprint density at radius 2 is 2.00 bits per heavy atom. The Balaban J connectivity index is 2.77. The van der Waals surface area contributed by atoms with Gasteiger partial charge in [0, 0.05) is 31.9 Å². The summed E-state index contributed by atoms with van der Waals surface area (Å²) in [5, 5.41) is 3.31. The quantitative estimate of drug-likeness (QED) is 0.706. The number of anilines is 1. The third-order valence-electron chi connectivity index (χ3n) is 3.10. The molecule has 0 atom stereocenters. The zero-order valence-corrected chi connectivity index (χ0v) is 12.8.